The largest absolute Gasteiger partial charge is 0.0928 e. The first-order chi connectivity index (χ1) is 12.9. The van der Waals surface area contributed by atoms with Crippen molar-refractivity contribution in [2.45, 2.75) is 141 Å². The summed E-state index contributed by atoms with van der Waals surface area (Å²) in [6, 6.07) is 0. The second-order valence-electron chi connectivity index (χ2n) is 8.16. The first-order valence-corrected chi connectivity index (χ1v) is 14.3. The van der Waals surface area contributed by atoms with Gasteiger partial charge < -0.3 is 0 Å². The van der Waals surface area contributed by atoms with Crippen LogP contribution < -0.4 is 0 Å². The van der Waals surface area contributed by atoms with E-state index < -0.39 is 0 Å². The van der Waals surface area contributed by atoms with Crippen LogP contribution >= 0.6 is 31.9 Å². The topological polar surface area (TPSA) is 0 Å². The summed E-state index contributed by atoms with van der Waals surface area (Å²) in [5.74, 6) is 0. The molecule has 0 bridgehead atoms. The number of hydrogen-bond donors (Lipinski definition) is 0. The number of hydrogen-bond acceptors (Lipinski definition) is 0. The molecule has 0 aliphatic carbocycles. The first kappa shape index (κ1) is 27.0. The summed E-state index contributed by atoms with van der Waals surface area (Å²) in [7, 11) is 0. The number of rotatable bonds is 23. The zero-order valence-corrected chi connectivity index (χ0v) is 20.9. The van der Waals surface area contributed by atoms with Crippen LogP contribution in [0.15, 0.2) is 0 Å². The standard InChI is InChI=1S/C24H48Br2/c25-23-21-19-17-15-13-11-9-7-5-3-1-2-4-6-8-10-12-14-16-18-20-22-24-26/h1-24H2. The third-order valence-electron chi connectivity index (χ3n) is 5.52. The van der Waals surface area contributed by atoms with E-state index in [-0.39, 0.29) is 0 Å². The Morgan fingerprint density at radius 1 is 0.192 bits per heavy atom. The highest BCUT2D eigenvalue weighted by Gasteiger charge is 1.95. The van der Waals surface area contributed by atoms with Crippen LogP contribution in [0.1, 0.15) is 141 Å². The summed E-state index contributed by atoms with van der Waals surface area (Å²) >= 11 is 7.01. The minimum absolute atomic E-state index is 1.19. The van der Waals surface area contributed by atoms with Gasteiger partial charge in [0.1, 0.15) is 0 Å². The van der Waals surface area contributed by atoms with E-state index in [1.807, 2.05) is 0 Å². The lowest BCUT2D eigenvalue weighted by Crippen LogP contribution is -1.84. The van der Waals surface area contributed by atoms with Crippen LogP contribution in [0.5, 0.6) is 0 Å². The second-order valence-corrected chi connectivity index (χ2v) is 9.74. The van der Waals surface area contributed by atoms with Gasteiger partial charge in [0, 0.05) is 10.7 Å². The molecule has 0 aromatic carbocycles. The molecule has 0 amide bonds. The maximum absolute atomic E-state index is 3.51. The average Bonchev–Trinajstić information content (AvgIpc) is 2.66. The van der Waals surface area contributed by atoms with Crippen molar-refractivity contribution in [2.75, 3.05) is 10.7 Å². The highest BCUT2D eigenvalue weighted by molar-refractivity contribution is 9.09. The van der Waals surface area contributed by atoms with Crippen LogP contribution in [0.25, 0.3) is 0 Å². The van der Waals surface area contributed by atoms with Gasteiger partial charge in [0.2, 0.25) is 0 Å². The Bertz CT molecular complexity index is 206. The predicted octanol–water partition coefficient (Wildman–Crippen LogP) is 10.4. The Hall–Kier alpha value is 0.960. The average molecular weight is 496 g/mol. The van der Waals surface area contributed by atoms with Gasteiger partial charge in [0.15, 0.2) is 0 Å². The maximum atomic E-state index is 3.51. The summed E-state index contributed by atoms with van der Waals surface area (Å²) < 4.78 is 0. The lowest BCUT2D eigenvalue weighted by Gasteiger charge is -2.04. The third kappa shape index (κ3) is 25.0. The van der Waals surface area contributed by atoms with Gasteiger partial charge in [-0.2, -0.15) is 0 Å². The normalized spacial score (nSPS) is 11.3. The first-order valence-electron chi connectivity index (χ1n) is 12.0. The van der Waals surface area contributed by atoms with Gasteiger partial charge in [0.05, 0.1) is 0 Å². The van der Waals surface area contributed by atoms with Crippen molar-refractivity contribution in [1.82, 2.24) is 0 Å². The van der Waals surface area contributed by atoms with Crippen LogP contribution in [-0.2, 0) is 0 Å². The minimum Gasteiger partial charge on any atom is -0.0928 e. The number of unbranched alkanes of at least 4 members (excludes halogenated alkanes) is 21. The highest BCUT2D eigenvalue weighted by atomic mass is 79.9. The quantitative estimate of drug-likeness (QED) is 0.0975. The van der Waals surface area contributed by atoms with E-state index in [2.05, 4.69) is 31.9 Å². The van der Waals surface area contributed by atoms with E-state index in [9.17, 15) is 0 Å². The zero-order valence-electron chi connectivity index (χ0n) is 17.7. The summed E-state index contributed by atoms with van der Waals surface area (Å²) in [4.78, 5) is 0. The highest BCUT2D eigenvalue weighted by Crippen LogP contribution is 2.15. The Morgan fingerprint density at radius 3 is 0.423 bits per heavy atom. The molecule has 0 saturated heterocycles. The Balaban J connectivity index is 2.95. The molecule has 0 heterocycles. The molecule has 0 aromatic rings. The molecule has 0 N–H and O–H groups in total. The van der Waals surface area contributed by atoms with Crippen molar-refractivity contribution in [3.63, 3.8) is 0 Å². The van der Waals surface area contributed by atoms with Gasteiger partial charge >= 0.3 is 0 Å². The lowest BCUT2D eigenvalue weighted by molar-refractivity contribution is 0.520. The fourth-order valence-electron chi connectivity index (χ4n) is 3.72. The SMILES string of the molecule is BrCCCCCCCCCCCCCCCCCCCCCCCCBr. The third-order valence-corrected chi connectivity index (χ3v) is 6.64. The molecule has 2 heteroatoms. The molecule has 0 nitrogen and oxygen atoms in total. The summed E-state index contributed by atoms with van der Waals surface area (Å²) in [5, 5.41) is 2.37. The number of halogens is 2. The van der Waals surface area contributed by atoms with Crippen molar-refractivity contribution in [2.24, 2.45) is 0 Å². The molecule has 0 saturated carbocycles. The zero-order chi connectivity index (χ0) is 19.0. The molecule has 0 rings (SSSR count). The molecule has 0 fully saturated rings. The molecule has 0 aromatic heterocycles. The van der Waals surface area contributed by atoms with E-state index in [4.69, 9.17) is 0 Å². The Kier molecular flexibility index (Phi) is 26.9. The van der Waals surface area contributed by atoms with Gasteiger partial charge in [-0.15, -0.1) is 0 Å². The molecule has 0 aliphatic rings. The molecular formula is C24H48Br2. The van der Waals surface area contributed by atoms with Crippen LogP contribution in [0.4, 0.5) is 0 Å². The van der Waals surface area contributed by atoms with E-state index in [0.29, 0.717) is 0 Å². The molecule has 0 radical (unpaired) electrons. The monoisotopic (exact) mass is 494 g/mol. The second kappa shape index (κ2) is 26.0. The molecule has 0 atom stereocenters. The van der Waals surface area contributed by atoms with Crippen LogP contribution in [0, 0.1) is 0 Å². The van der Waals surface area contributed by atoms with E-state index >= 15 is 0 Å². The van der Waals surface area contributed by atoms with Crippen molar-refractivity contribution >= 4 is 31.9 Å². The summed E-state index contributed by atoms with van der Waals surface area (Å²) in [6.45, 7) is 0. The van der Waals surface area contributed by atoms with Gasteiger partial charge in [-0.1, -0.05) is 160 Å². The van der Waals surface area contributed by atoms with Crippen LogP contribution in [0.3, 0.4) is 0 Å². The smallest absolute Gasteiger partial charge is 0.00313 e. The van der Waals surface area contributed by atoms with Crippen LogP contribution in [-0.4, -0.2) is 10.7 Å². The fraction of sp³-hybridized carbons (Fsp3) is 1.00. The van der Waals surface area contributed by atoms with Crippen molar-refractivity contribution in [3.05, 3.63) is 0 Å². The molecule has 0 spiro atoms. The van der Waals surface area contributed by atoms with Crippen LogP contribution in [0.2, 0.25) is 0 Å². The number of alkyl halides is 2. The van der Waals surface area contributed by atoms with Gasteiger partial charge in [0.25, 0.3) is 0 Å². The van der Waals surface area contributed by atoms with Gasteiger partial charge in [-0.25, -0.2) is 0 Å². The van der Waals surface area contributed by atoms with Crippen molar-refractivity contribution < 1.29 is 0 Å². The predicted molar refractivity (Wildman–Crippen MR) is 129 cm³/mol. The summed E-state index contributed by atoms with van der Waals surface area (Å²) in [5.41, 5.74) is 0. The van der Waals surface area contributed by atoms with Crippen molar-refractivity contribution in [1.29, 1.82) is 0 Å². The maximum Gasteiger partial charge on any atom is 0.00313 e. The van der Waals surface area contributed by atoms with E-state index in [0.717, 1.165) is 0 Å². The Morgan fingerprint density at radius 2 is 0.308 bits per heavy atom. The Labute approximate surface area is 183 Å². The molecule has 0 aliphatic heterocycles. The van der Waals surface area contributed by atoms with E-state index in [1.54, 1.807) is 0 Å². The van der Waals surface area contributed by atoms with Crippen molar-refractivity contribution in [3.8, 4) is 0 Å². The molecule has 158 valence electrons. The van der Waals surface area contributed by atoms with Gasteiger partial charge in [-0.05, 0) is 12.8 Å². The van der Waals surface area contributed by atoms with E-state index in [1.165, 1.54) is 152 Å². The van der Waals surface area contributed by atoms with Gasteiger partial charge in [-0.3, -0.25) is 0 Å². The lowest BCUT2D eigenvalue weighted by atomic mass is 10.0. The fourth-order valence-corrected chi connectivity index (χ4v) is 4.52. The molecule has 0 unspecified atom stereocenters. The minimum atomic E-state index is 1.19. The molecular weight excluding hydrogens is 448 g/mol. The summed E-state index contributed by atoms with van der Waals surface area (Å²) in [6.07, 6.45) is 32.1. The molecule has 26 heavy (non-hydrogen) atoms.